The highest BCUT2D eigenvalue weighted by molar-refractivity contribution is 6.34. The second-order valence-electron chi connectivity index (χ2n) is 6.32. The van der Waals surface area contributed by atoms with Crippen LogP contribution in [-0.2, 0) is 0 Å². The summed E-state index contributed by atoms with van der Waals surface area (Å²) < 4.78 is 0. The molecular weight excluding hydrogens is 264 g/mol. The number of aryl methyl sites for hydroxylation is 2. The molecule has 0 spiro atoms. The topological polar surface area (TPSA) is 0 Å². The Kier molecular flexibility index (Phi) is 2.17. The van der Waals surface area contributed by atoms with Gasteiger partial charge in [0.25, 0.3) is 0 Å². The highest BCUT2D eigenvalue weighted by atomic mass is 14.2. The molecular formula is C22H16. The van der Waals surface area contributed by atoms with Crippen LogP contribution in [0, 0.1) is 13.8 Å². The van der Waals surface area contributed by atoms with Crippen molar-refractivity contribution < 1.29 is 0 Å². The highest BCUT2D eigenvalue weighted by Crippen LogP contribution is 2.42. The van der Waals surface area contributed by atoms with Gasteiger partial charge in [0, 0.05) is 0 Å². The molecule has 22 heavy (non-hydrogen) atoms. The molecule has 0 bridgehead atoms. The quantitative estimate of drug-likeness (QED) is 0.229. The van der Waals surface area contributed by atoms with Crippen LogP contribution in [0.3, 0.4) is 0 Å². The van der Waals surface area contributed by atoms with E-state index in [-0.39, 0.29) is 0 Å². The predicted octanol–water partition coefficient (Wildman–Crippen LogP) is 6.35. The van der Waals surface area contributed by atoms with Crippen molar-refractivity contribution in [1.29, 1.82) is 0 Å². The molecule has 0 aromatic heterocycles. The van der Waals surface area contributed by atoms with E-state index in [1.54, 1.807) is 0 Å². The maximum atomic E-state index is 2.27. The number of hydrogen-bond acceptors (Lipinski definition) is 0. The zero-order valence-electron chi connectivity index (χ0n) is 12.8. The van der Waals surface area contributed by atoms with E-state index in [0.717, 1.165) is 0 Å². The van der Waals surface area contributed by atoms with Crippen LogP contribution in [0.1, 0.15) is 11.1 Å². The molecule has 0 radical (unpaired) electrons. The summed E-state index contributed by atoms with van der Waals surface area (Å²) in [6.07, 6.45) is 0. The van der Waals surface area contributed by atoms with Crippen LogP contribution in [-0.4, -0.2) is 0 Å². The third kappa shape index (κ3) is 1.33. The summed E-state index contributed by atoms with van der Waals surface area (Å²) in [5.74, 6) is 0. The van der Waals surface area contributed by atoms with Crippen molar-refractivity contribution in [2.24, 2.45) is 0 Å². The first-order valence-corrected chi connectivity index (χ1v) is 7.81. The van der Waals surface area contributed by atoms with Crippen molar-refractivity contribution in [3.8, 4) is 0 Å². The van der Waals surface area contributed by atoms with Crippen LogP contribution in [0.5, 0.6) is 0 Å². The second kappa shape index (κ2) is 3.98. The van der Waals surface area contributed by atoms with E-state index in [9.17, 15) is 0 Å². The summed E-state index contributed by atoms with van der Waals surface area (Å²) in [5.41, 5.74) is 2.73. The van der Waals surface area contributed by atoms with E-state index in [2.05, 4.69) is 74.5 Å². The van der Waals surface area contributed by atoms with E-state index in [0.29, 0.717) is 0 Å². The van der Waals surface area contributed by atoms with Gasteiger partial charge >= 0.3 is 0 Å². The van der Waals surface area contributed by atoms with Gasteiger partial charge in [-0.25, -0.2) is 0 Å². The molecule has 0 aliphatic carbocycles. The van der Waals surface area contributed by atoms with Crippen LogP contribution in [0.4, 0.5) is 0 Å². The Bertz CT molecular complexity index is 1180. The lowest BCUT2D eigenvalue weighted by Gasteiger charge is -2.17. The zero-order chi connectivity index (χ0) is 14.8. The first kappa shape index (κ1) is 12.0. The fraction of sp³-hybridized carbons (Fsp3) is 0.0909. The average Bonchev–Trinajstić information content (AvgIpc) is 2.55. The van der Waals surface area contributed by atoms with Crippen molar-refractivity contribution in [2.75, 3.05) is 0 Å². The molecule has 104 valence electrons. The minimum absolute atomic E-state index is 1.34. The maximum absolute atomic E-state index is 2.27. The lowest BCUT2D eigenvalue weighted by atomic mass is 9.86. The van der Waals surface area contributed by atoms with E-state index in [4.69, 9.17) is 0 Å². The van der Waals surface area contributed by atoms with Crippen molar-refractivity contribution >= 4 is 43.1 Å². The third-order valence-electron chi connectivity index (χ3n) is 5.05. The van der Waals surface area contributed by atoms with Gasteiger partial charge in [0.2, 0.25) is 0 Å². The monoisotopic (exact) mass is 280 g/mol. The lowest BCUT2D eigenvalue weighted by Crippen LogP contribution is -1.90. The molecule has 0 saturated heterocycles. The third-order valence-corrected chi connectivity index (χ3v) is 5.05. The normalized spacial score (nSPS) is 12.1. The van der Waals surface area contributed by atoms with Gasteiger partial charge in [-0.3, -0.25) is 0 Å². The minimum Gasteiger partial charge on any atom is -0.0613 e. The number of rotatable bonds is 0. The molecule has 0 heteroatoms. The van der Waals surface area contributed by atoms with Gasteiger partial charge in [-0.15, -0.1) is 0 Å². The van der Waals surface area contributed by atoms with Crippen LogP contribution in [0.25, 0.3) is 43.1 Å². The number of benzene rings is 5. The van der Waals surface area contributed by atoms with Gasteiger partial charge in [-0.05, 0) is 68.1 Å². The molecule has 0 amide bonds. The van der Waals surface area contributed by atoms with E-state index >= 15 is 0 Å². The molecule has 0 aliphatic heterocycles. The number of fused-ring (bicyclic) bond motifs is 3. The molecule has 5 aromatic carbocycles. The first-order chi connectivity index (χ1) is 10.8. The largest absolute Gasteiger partial charge is 0.0613 e. The molecule has 0 saturated carbocycles. The summed E-state index contributed by atoms with van der Waals surface area (Å²) in [6.45, 7) is 4.46. The molecule has 0 aliphatic rings. The SMILES string of the molecule is Cc1cccc2c3cccc4ccc5ccc(C)c(c12)c5c43. The molecule has 5 aromatic rings. The highest BCUT2D eigenvalue weighted by Gasteiger charge is 2.15. The summed E-state index contributed by atoms with van der Waals surface area (Å²) in [7, 11) is 0. The molecule has 0 unspecified atom stereocenters. The Balaban J connectivity index is 2.34. The van der Waals surface area contributed by atoms with Crippen LogP contribution in [0.2, 0.25) is 0 Å². The van der Waals surface area contributed by atoms with Crippen molar-refractivity contribution in [2.45, 2.75) is 13.8 Å². The van der Waals surface area contributed by atoms with Crippen LogP contribution >= 0.6 is 0 Å². The van der Waals surface area contributed by atoms with Gasteiger partial charge in [0.1, 0.15) is 0 Å². The van der Waals surface area contributed by atoms with Gasteiger partial charge in [0.15, 0.2) is 0 Å². The molecule has 0 N–H and O–H groups in total. The Labute approximate surface area is 129 Å². The Morgan fingerprint density at radius 1 is 0.455 bits per heavy atom. The Hall–Kier alpha value is -2.60. The first-order valence-electron chi connectivity index (χ1n) is 7.81. The smallest absolute Gasteiger partial charge is 0.00176 e. The minimum atomic E-state index is 1.34. The molecule has 5 rings (SSSR count). The summed E-state index contributed by atoms with van der Waals surface area (Å²) in [5, 5.41) is 11.1. The number of hydrogen-bond donors (Lipinski definition) is 0. The fourth-order valence-corrected chi connectivity index (χ4v) is 4.07. The summed E-state index contributed by atoms with van der Waals surface area (Å²) in [6, 6.07) is 22.4. The molecule has 0 atom stereocenters. The van der Waals surface area contributed by atoms with Crippen LogP contribution < -0.4 is 0 Å². The van der Waals surface area contributed by atoms with Crippen molar-refractivity contribution in [3.05, 3.63) is 71.8 Å². The molecule has 0 heterocycles. The average molecular weight is 280 g/mol. The summed E-state index contributed by atoms with van der Waals surface area (Å²) >= 11 is 0. The van der Waals surface area contributed by atoms with Gasteiger partial charge in [-0.2, -0.15) is 0 Å². The van der Waals surface area contributed by atoms with Gasteiger partial charge < -0.3 is 0 Å². The standard InChI is InChI=1S/C22H16/c1-13-5-3-7-17-18-8-4-6-15-11-12-16-10-9-14(2)20(19(13)17)22(16)21(15)18/h3-12H,1-2H3. The second-order valence-corrected chi connectivity index (χ2v) is 6.32. The van der Waals surface area contributed by atoms with E-state index in [1.165, 1.54) is 54.2 Å². The van der Waals surface area contributed by atoms with Crippen LogP contribution in [0.15, 0.2) is 60.7 Å². The van der Waals surface area contributed by atoms with Gasteiger partial charge in [-0.1, -0.05) is 60.7 Å². The van der Waals surface area contributed by atoms with Gasteiger partial charge in [0.05, 0.1) is 0 Å². The van der Waals surface area contributed by atoms with Crippen molar-refractivity contribution in [1.82, 2.24) is 0 Å². The lowest BCUT2D eigenvalue weighted by molar-refractivity contribution is 1.52. The Morgan fingerprint density at radius 2 is 1.05 bits per heavy atom. The zero-order valence-corrected chi connectivity index (χ0v) is 12.8. The fourth-order valence-electron chi connectivity index (χ4n) is 4.07. The molecule has 0 fully saturated rings. The molecule has 0 nitrogen and oxygen atoms in total. The predicted molar refractivity (Wildman–Crippen MR) is 97.1 cm³/mol. The Morgan fingerprint density at radius 3 is 1.86 bits per heavy atom. The van der Waals surface area contributed by atoms with Crippen molar-refractivity contribution in [3.63, 3.8) is 0 Å². The summed E-state index contributed by atoms with van der Waals surface area (Å²) in [4.78, 5) is 0. The maximum Gasteiger partial charge on any atom is -0.00176 e. The van der Waals surface area contributed by atoms with E-state index in [1.807, 2.05) is 0 Å². The van der Waals surface area contributed by atoms with E-state index < -0.39 is 0 Å².